The number of urea groups is 1. The van der Waals surface area contributed by atoms with Gasteiger partial charge in [0, 0.05) is 19.1 Å². The largest absolute Gasteiger partial charge is 0.508 e. The van der Waals surface area contributed by atoms with E-state index >= 15 is 0 Å². The number of rotatable bonds is 3. The van der Waals surface area contributed by atoms with Gasteiger partial charge >= 0.3 is 6.03 Å². The Hall–Kier alpha value is -2.51. The number of anilines is 1. The molecular weight excluding hydrogens is 264 g/mol. The molecule has 8 nitrogen and oxygen atoms in total. The Bertz CT molecular complexity index is 526. The lowest BCUT2D eigenvalue weighted by Gasteiger charge is -2.31. The van der Waals surface area contributed by atoms with Gasteiger partial charge < -0.3 is 21.1 Å². The van der Waals surface area contributed by atoms with E-state index in [2.05, 4.69) is 5.32 Å². The van der Waals surface area contributed by atoms with Crippen LogP contribution in [0.25, 0.3) is 0 Å². The van der Waals surface area contributed by atoms with E-state index in [-0.39, 0.29) is 17.5 Å². The Morgan fingerprint density at radius 1 is 1.45 bits per heavy atom. The van der Waals surface area contributed by atoms with Gasteiger partial charge in [0.25, 0.3) is 5.69 Å². The number of likely N-dealkylation sites (tertiary alicyclic amines) is 1. The van der Waals surface area contributed by atoms with Crippen LogP contribution in [0.2, 0.25) is 0 Å². The van der Waals surface area contributed by atoms with Crippen LogP contribution in [0.3, 0.4) is 0 Å². The van der Waals surface area contributed by atoms with Gasteiger partial charge in [0.1, 0.15) is 11.4 Å². The molecule has 0 unspecified atom stereocenters. The molecule has 2 rings (SSSR count). The molecule has 0 bridgehead atoms. The molecular formula is C12H16N4O4. The van der Waals surface area contributed by atoms with Gasteiger partial charge in [-0.2, -0.15) is 0 Å². The number of phenols is 1. The minimum Gasteiger partial charge on any atom is -0.508 e. The first-order chi connectivity index (χ1) is 9.47. The lowest BCUT2D eigenvalue weighted by Crippen LogP contribution is -2.44. The number of aromatic hydroxyl groups is 1. The summed E-state index contributed by atoms with van der Waals surface area (Å²) in [4.78, 5) is 23.0. The first-order valence-electron chi connectivity index (χ1n) is 6.25. The SMILES string of the molecule is NC(=O)N1CCC(Nc2ccc(O)cc2[N+](=O)[O-])CC1. The van der Waals surface area contributed by atoms with Crippen molar-refractivity contribution in [3.63, 3.8) is 0 Å². The molecule has 1 saturated heterocycles. The molecule has 0 radical (unpaired) electrons. The standard InChI is InChI=1S/C12H16N4O4/c13-12(18)15-5-3-8(4-6-15)14-10-2-1-9(17)7-11(10)16(19)20/h1-2,7-8,14,17H,3-6H2,(H2,13,18). The number of carbonyl (C=O) groups is 1. The number of nitro groups is 1. The normalized spacial score (nSPS) is 15.9. The number of nitrogens with zero attached hydrogens (tertiary/aromatic N) is 2. The highest BCUT2D eigenvalue weighted by atomic mass is 16.6. The van der Waals surface area contributed by atoms with E-state index in [4.69, 9.17) is 5.73 Å². The first kappa shape index (κ1) is 13.9. The van der Waals surface area contributed by atoms with E-state index in [1.807, 2.05) is 0 Å². The number of nitrogens with two attached hydrogens (primary N) is 1. The van der Waals surface area contributed by atoms with Crippen LogP contribution in [0.4, 0.5) is 16.2 Å². The first-order valence-corrected chi connectivity index (χ1v) is 6.25. The van der Waals surface area contributed by atoms with Gasteiger partial charge in [-0.1, -0.05) is 0 Å². The molecule has 20 heavy (non-hydrogen) atoms. The average Bonchev–Trinajstić information content (AvgIpc) is 2.41. The number of hydrogen-bond acceptors (Lipinski definition) is 5. The Kier molecular flexibility index (Phi) is 3.92. The molecule has 2 amide bonds. The quantitative estimate of drug-likeness (QED) is 0.437. The fraction of sp³-hybridized carbons (Fsp3) is 0.417. The number of primary amides is 1. The molecule has 1 aromatic rings. The third-order valence-corrected chi connectivity index (χ3v) is 3.34. The Morgan fingerprint density at radius 3 is 2.65 bits per heavy atom. The van der Waals surface area contributed by atoms with E-state index in [1.54, 1.807) is 4.90 Å². The van der Waals surface area contributed by atoms with Gasteiger partial charge in [0.2, 0.25) is 0 Å². The molecule has 1 aromatic carbocycles. The average molecular weight is 280 g/mol. The van der Waals surface area contributed by atoms with Gasteiger partial charge in [-0.25, -0.2) is 4.79 Å². The molecule has 8 heteroatoms. The summed E-state index contributed by atoms with van der Waals surface area (Å²) in [6.45, 7) is 1.05. The highest BCUT2D eigenvalue weighted by molar-refractivity contribution is 5.72. The molecule has 1 aliphatic rings. The number of nitrogens with one attached hydrogen (secondary N) is 1. The van der Waals surface area contributed by atoms with Crippen molar-refractivity contribution in [1.29, 1.82) is 0 Å². The van der Waals surface area contributed by atoms with Crippen molar-refractivity contribution in [3.8, 4) is 5.75 Å². The molecule has 1 heterocycles. The zero-order valence-corrected chi connectivity index (χ0v) is 10.8. The zero-order valence-electron chi connectivity index (χ0n) is 10.8. The molecule has 0 aromatic heterocycles. The van der Waals surface area contributed by atoms with Crippen LogP contribution in [0.5, 0.6) is 5.75 Å². The van der Waals surface area contributed by atoms with Gasteiger partial charge in [0.15, 0.2) is 0 Å². The van der Waals surface area contributed by atoms with Crippen LogP contribution < -0.4 is 11.1 Å². The maximum atomic E-state index is 11.0. The third kappa shape index (κ3) is 3.08. The fourth-order valence-corrected chi connectivity index (χ4v) is 2.26. The summed E-state index contributed by atoms with van der Waals surface area (Å²) in [5.74, 6) is -0.147. The highest BCUT2D eigenvalue weighted by Gasteiger charge is 2.23. The molecule has 0 atom stereocenters. The van der Waals surface area contributed by atoms with Crippen LogP contribution in [0.15, 0.2) is 18.2 Å². The van der Waals surface area contributed by atoms with Gasteiger partial charge in [-0.05, 0) is 25.0 Å². The third-order valence-electron chi connectivity index (χ3n) is 3.34. The second-order valence-corrected chi connectivity index (χ2v) is 4.70. The number of amides is 2. The molecule has 0 saturated carbocycles. The van der Waals surface area contributed by atoms with Crippen LogP contribution in [-0.4, -0.2) is 40.1 Å². The molecule has 1 aliphatic heterocycles. The summed E-state index contributed by atoms with van der Waals surface area (Å²) in [6.07, 6.45) is 1.34. The second kappa shape index (κ2) is 5.64. The summed E-state index contributed by atoms with van der Waals surface area (Å²) in [6, 6.07) is 3.58. The lowest BCUT2D eigenvalue weighted by atomic mass is 10.0. The van der Waals surface area contributed by atoms with Gasteiger partial charge in [-0.3, -0.25) is 10.1 Å². The monoisotopic (exact) mass is 280 g/mol. The summed E-state index contributed by atoms with van der Waals surface area (Å²) in [5, 5.41) is 23.3. The van der Waals surface area contributed by atoms with Crippen molar-refractivity contribution in [3.05, 3.63) is 28.3 Å². The summed E-state index contributed by atoms with van der Waals surface area (Å²) < 4.78 is 0. The minimum absolute atomic E-state index is 0.0360. The van der Waals surface area contributed by atoms with Crippen LogP contribution in [-0.2, 0) is 0 Å². The van der Waals surface area contributed by atoms with Gasteiger partial charge in [0.05, 0.1) is 11.0 Å². The predicted molar refractivity (Wildman–Crippen MR) is 72.6 cm³/mol. The maximum absolute atomic E-state index is 11.0. The number of nitro benzene ring substituents is 1. The van der Waals surface area contributed by atoms with E-state index in [0.29, 0.717) is 31.6 Å². The highest BCUT2D eigenvalue weighted by Crippen LogP contribution is 2.30. The topological polar surface area (TPSA) is 122 Å². The molecule has 108 valence electrons. The van der Waals surface area contributed by atoms with Crippen molar-refractivity contribution in [2.45, 2.75) is 18.9 Å². The van der Waals surface area contributed by atoms with Gasteiger partial charge in [-0.15, -0.1) is 0 Å². The van der Waals surface area contributed by atoms with Crippen molar-refractivity contribution in [2.24, 2.45) is 5.73 Å². The van der Waals surface area contributed by atoms with Crippen molar-refractivity contribution in [1.82, 2.24) is 4.90 Å². The summed E-state index contributed by atoms with van der Waals surface area (Å²) >= 11 is 0. The number of benzene rings is 1. The summed E-state index contributed by atoms with van der Waals surface area (Å²) in [7, 11) is 0. The van der Waals surface area contributed by atoms with E-state index in [0.717, 1.165) is 6.07 Å². The lowest BCUT2D eigenvalue weighted by molar-refractivity contribution is -0.384. The minimum atomic E-state index is -0.541. The van der Waals surface area contributed by atoms with Crippen LogP contribution in [0.1, 0.15) is 12.8 Å². The zero-order chi connectivity index (χ0) is 14.7. The van der Waals surface area contributed by atoms with E-state index in [9.17, 15) is 20.0 Å². The maximum Gasteiger partial charge on any atom is 0.314 e. The number of piperidine rings is 1. The number of phenolic OH excluding ortho intramolecular Hbond substituents is 1. The molecule has 1 fully saturated rings. The van der Waals surface area contributed by atoms with Crippen LogP contribution in [0, 0.1) is 10.1 Å². The Labute approximate surface area is 115 Å². The molecule has 4 N–H and O–H groups in total. The number of carbonyl (C=O) groups excluding carboxylic acids is 1. The smallest absolute Gasteiger partial charge is 0.314 e. The van der Waals surface area contributed by atoms with E-state index < -0.39 is 11.0 Å². The number of hydrogen-bond donors (Lipinski definition) is 3. The Balaban J connectivity index is 2.04. The fourth-order valence-electron chi connectivity index (χ4n) is 2.26. The Morgan fingerprint density at radius 2 is 2.10 bits per heavy atom. The van der Waals surface area contributed by atoms with Crippen molar-refractivity contribution in [2.75, 3.05) is 18.4 Å². The van der Waals surface area contributed by atoms with E-state index in [1.165, 1.54) is 12.1 Å². The molecule has 0 aliphatic carbocycles. The molecule has 0 spiro atoms. The predicted octanol–water partition coefficient (Wildman–Crippen LogP) is 1.26. The second-order valence-electron chi connectivity index (χ2n) is 4.70. The van der Waals surface area contributed by atoms with Crippen molar-refractivity contribution >= 4 is 17.4 Å². The van der Waals surface area contributed by atoms with Crippen molar-refractivity contribution < 1.29 is 14.8 Å². The van der Waals surface area contributed by atoms with Crippen LogP contribution >= 0.6 is 0 Å². The summed E-state index contributed by atoms with van der Waals surface area (Å²) in [5.41, 5.74) is 5.40.